The SMILES string of the molecule is CC(C)Cc1nc2ccccc2c(=O)n1NC(=O)Cc1cccc(F)c1. The molecule has 0 aliphatic heterocycles. The number of para-hydroxylation sites is 1. The molecular formula is C20H20FN3O2. The van der Waals surface area contributed by atoms with E-state index in [9.17, 15) is 14.0 Å². The first-order chi connectivity index (χ1) is 12.4. The maximum atomic E-state index is 13.3. The predicted octanol–water partition coefficient (Wildman–Crippen LogP) is 3.05. The summed E-state index contributed by atoms with van der Waals surface area (Å²) in [5.41, 5.74) is 3.44. The Balaban J connectivity index is 1.95. The Hall–Kier alpha value is -3.02. The van der Waals surface area contributed by atoms with Crippen LogP contribution >= 0.6 is 0 Å². The zero-order valence-corrected chi connectivity index (χ0v) is 14.7. The van der Waals surface area contributed by atoms with E-state index >= 15 is 0 Å². The number of nitrogens with zero attached hydrogens (tertiary/aromatic N) is 2. The van der Waals surface area contributed by atoms with Crippen LogP contribution in [0.15, 0.2) is 53.3 Å². The van der Waals surface area contributed by atoms with Gasteiger partial charge in [0.1, 0.15) is 11.6 Å². The molecule has 1 aromatic heterocycles. The summed E-state index contributed by atoms with van der Waals surface area (Å²) in [7, 11) is 0. The minimum atomic E-state index is -0.403. The van der Waals surface area contributed by atoms with Gasteiger partial charge in [-0.1, -0.05) is 38.1 Å². The van der Waals surface area contributed by atoms with Crippen LogP contribution in [0.3, 0.4) is 0 Å². The van der Waals surface area contributed by atoms with Crippen LogP contribution in [0.25, 0.3) is 10.9 Å². The van der Waals surface area contributed by atoms with Crippen LogP contribution in [0.2, 0.25) is 0 Å². The maximum absolute atomic E-state index is 13.3. The highest BCUT2D eigenvalue weighted by Crippen LogP contribution is 2.11. The molecule has 0 spiro atoms. The largest absolute Gasteiger partial charge is 0.280 e. The Bertz CT molecular complexity index is 1010. The fourth-order valence-electron chi connectivity index (χ4n) is 2.79. The van der Waals surface area contributed by atoms with Crippen molar-refractivity contribution in [2.75, 3.05) is 5.43 Å². The van der Waals surface area contributed by atoms with Crippen LogP contribution in [-0.4, -0.2) is 15.6 Å². The molecule has 134 valence electrons. The number of hydrogen-bond donors (Lipinski definition) is 1. The number of benzene rings is 2. The van der Waals surface area contributed by atoms with Gasteiger partial charge in [-0.25, -0.2) is 14.1 Å². The monoisotopic (exact) mass is 353 g/mol. The van der Waals surface area contributed by atoms with Gasteiger partial charge in [0, 0.05) is 6.42 Å². The average molecular weight is 353 g/mol. The summed E-state index contributed by atoms with van der Waals surface area (Å²) >= 11 is 0. The van der Waals surface area contributed by atoms with Gasteiger partial charge >= 0.3 is 0 Å². The van der Waals surface area contributed by atoms with Crippen molar-refractivity contribution in [2.24, 2.45) is 5.92 Å². The number of aromatic nitrogens is 2. The Morgan fingerprint density at radius 3 is 2.69 bits per heavy atom. The standard InChI is InChI=1S/C20H20FN3O2/c1-13(2)10-18-22-17-9-4-3-8-16(17)20(26)24(18)23-19(25)12-14-6-5-7-15(21)11-14/h3-9,11,13H,10,12H2,1-2H3,(H,23,25). The fourth-order valence-corrected chi connectivity index (χ4v) is 2.79. The summed E-state index contributed by atoms with van der Waals surface area (Å²) in [6.07, 6.45) is 0.512. The quantitative estimate of drug-likeness (QED) is 0.767. The molecule has 0 bridgehead atoms. The van der Waals surface area contributed by atoms with Crippen molar-refractivity contribution in [3.63, 3.8) is 0 Å². The molecular weight excluding hydrogens is 333 g/mol. The van der Waals surface area contributed by atoms with E-state index in [1.165, 1.54) is 16.8 Å². The molecule has 0 aliphatic rings. The van der Waals surface area contributed by atoms with Crippen LogP contribution in [-0.2, 0) is 17.6 Å². The third-order valence-electron chi connectivity index (χ3n) is 3.93. The van der Waals surface area contributed by atoms with Gasteiger partial charge in [-0.2, -0.15) is 0 Å². The van der Waals surface area contributed by atoms with E-state index in [0.717, 1.165) is 0 Å². The van der Waals surface area contributed by atoms with Crippen LogP contribution < -0.4 is 11.0 Å². The lowest BCUT2D eigenvalue weighted by Crippen LogP contribution is -2.37. The van der Waals surface area contributed by atoms with Crippen LogP contribution in [0.5, 0.6) is 0 Å². The van der Waals surface area contributed by atoms with E-state index in [0.29, 0.717) is 28.7 Å². The number of hydrogen-bond acceptors (Lipinski definition) is 3. The average Bonchev–Trinajstić information content (AvgIpc) is 2.58. The molecule has 0 saturated heterocycles. The molecule has 0 fully saturated rings. The Kier molecular flexibility index (Phi) is 5.11. The summed E-state index contributed by atoms with van der Waals surface area (Å²) < 4.78 is 14.5. The van der Waals surface area contributed by atoms with E-state index in [1.54, 1.807) is 30.3 Å². The minimum absolute atomic E-state index is 0.0296. The number of nitrogens with one attached hydrogen (secondary N) is 1. The first-order valence-corrected chi connectivity index (χ1v) is 8.49. The predicted molar refractivity (Wildman–Crippen MR) is 99.0 cm³/mol. The van der Waals surface area contributed by atoms with Crippen molar-refractivity contribution in [2.45, 2.75) is 26.7 Å². The van der Waals surface area contributed by atoms with E-state index in [4.69, 9.17) is 0 Å². The van der Waals surface area contributed by atoms with Gasteiger partial charge in [-0.15, -0.1) is 0 Å². The number of halogens is 1. The number of carbonyl (C=O) groups excluding carboxylic acids is 1. The summed E-state index contributed by atoms with van der Waals surface area (Å²) in [6, 6.07) is 12.9. The van der Waals surface area contributed by atoms with Crippen molar-refractivity contribution in [1.82, 2.24) is 9.66 Å². The zero-order valence-electron chi connectivity index (χ0n) is 14.7. The second-order valence-corrected chi connectivity index (χ2v) is 6.63. The molecule has 0 atom stereocenters. The lowest BCUT2D eigenvalue weighted by atomic mass is 10.1. The molecule has 2 aromatic carbocycles. The number of fused-ring (bicyclic) bond motifs is 1. The third kappa shape index (κ3) is 3.96. The lowest BCUT2D eigenvalue weighted by molar-refractivity contribution is -0.116. The summed E-state index contributed by atoms with van der Waals surface area (Å²) in [5.74, 6) is -0.0501. The van der Waals surface area contributed by atoms with E-state index in [1.807, 2.05) is 19.9 Å². The zero-order chi connectivity index (χ0) is 18.7. The maximum Gasteiger partial charge on any atom is 0.280 e. The van der Waals surface area contributed by atoms with Crippen molar-refractivity contribution < 1.29 is 9.18 Å². The first-order valence-electron chi connectivity index (χ1n) is 8.49. The summed E-state index contributed by atoms with van der Waals surface area (Å²) in [6.45, 7) is 4.03. The smallest absolute Gasteiger partial charge is 0.273 e. The molecule has 5 nitrogen and oxygen atoms in total. The van der Waals surface area contributed by atoms with E-state index < -0.39 is 11.7 Å². The highest BCUT2D eigenvalue weighted by atomic mass is 19.1. The van der Waals surface area contributed by atoms with Crippen LogP contribution in [0.4, 0.5) is 4.39 Å². The molecule has 0 unspecified atom stereocenters. The Morgan fingerprint density at radius 1 is 1.19 bits per heavy atom. The van der Waals surface area contributed by atoms with Gasteiger partial charge in [0.25, 0.3) is 5.56 Å². The summed E-state index contributed by atoms with van der Waals surface area (Å²) in [4.78, 5) is 29.8. The van der Waals surface area contributed by atoms with Crippen LogP contribution in [0, 0.1) is 11.7 Å². The van der Waals surface area contributed by atoms with Crippen molar-refractivity contribution in [1.29, 1.82) is 0 Å². The van der Waals surface area contributed by atoms with Gasteiger partial charge in [0.15, 0.2) is 0 Å². The molecule has 0 radical (unpaired) electrons. The Morgan fingerprint density at radius 2 is 1.96 bits per heavy atom. The van der Waals surface area contributed by atoms with Gasteiger partial charge in [0.2, 0.25) is 5.91 Å². The molecule has 1 N–H and O–H groups in total. The lowest BCUT2D eigenvalue weighted by Gasteiger charge is -2.15. The Labute approximate surface area is 150 Å². The normalized spacial score (nSPS) is 11.1. The van der Waals surface area contributed by atoms with E-state index in [-0.39, 0.29) is 17.9 Å². The van der Waals surface area contributed by atoms with Crippen LogP contribution in [0.1, 0.15) is 25.2 Å². The van der Waals surface area contributed by atoms with Crippen molar-refractivity contribution in [3.8, 4) is 0 Å². The number of amides is 1. The topological polar surface area (TPSA) is 64.0 Å². The first kappa shape index (κ1) is 17.8. The molecule has 1 amide bonds. The molecule has 3 rings (SSSR count). The number of rotatable bonds is 5. The van der Waals surface area contributed by atoms with Gasteiger partial charge in [-0.3, -0.25) is 15.0 Å². The molecule has 1 heterocycles. The number of carbonyl (C=O) groups is 1. The highest BCUT2D eigenvalue weighted by Gasteiger charge is 2.14. The fraction of sp³-hybridized carbons (Fsp3) is 0.250. The molecule has 6 heteroatoms. The molecule has 0 aliphatic carbocycles. The van der Waals surface area contributed by atoms with Gasteiger partial charge in [0.05, 0.1) is 17.3 Å². The molecule has 3 aromatic rings. The third-order valence-corrected chi connectivity index (χ3v) is 3.93. The molecule has 0 saturated carbocycles. The highest BCUT2D eigenvalue weighted by molar-refractivity contribution is 5.86. The van der Waals surface area contributed by atoms with E-state index in [2.05, 4.69) is 10.4 Å². The second kappa shape index (κ2) is 7.47. The van der Waals surface area contributed by atoms with Crippen molar-refractivity contribution >= 4 is 16.8 Å². The van der Waals surface area contributed by atoms with Gasteiger partial charge < -0.3 is 0 Å². The van der Waals surface area contributed by atoms with Gasteiger partial charge in [-0.05, 0) is 35.7 Å². The minimum Gasteiger partial charge on any atom is -0.273 e. The molecule has 26 heavy (non-hydrogen) atoms. The summed E-state index contributed by atoms with van der Waals surface area (Å²) in [5, 5.41) is 0.436. The van der Waals surface area contributed by atoms with Crippen molar-refractivity contribution in [3.05, 3.63) is 76.1 Å². The second-order valence-electron chi connectivity index (χ2n) is 6.63.